The van der Waals surface area contributed by atoms with Crippen LogP contribution in [0.3, 0.4) is 0 Å². The van der Waals surface area contributed by atoms with Crippen molar-refractivity contribution >= 4 is 32.7 Å². The highest BCUT2D eigenvalue weighted by molar-refractivity contribution is 9.10. The molecule has 0 aliphatic rings. The number of benzene rings is 2. The van der Waals surface area contributed by atoms with Gasteiger partial charge in [0.15, 0.2) is 0 Å². The normalized spacial score (nSPS) is 12.0. The Morgan fingerprint density at radius 2 is 1.97 bits per heavy atom. The van der Waals surface area contributed by atoms with E-state index in [1.807, 2.05) is 25.1 Å². The van der Waals surface area contributed by atoms with Crippen molar-refractivity contribution in [2.75, 3.05) is 7.11 Å². The summed E-state index contributed by atoms with van der Waals surface area (Å²) in [6.45, 7) is 2.01. The van der Waals surface area contributed by atoms with E-state index in [0.29, 0.717) is 28.6 Å². The average molecular weight is 483 g/mol. The van der Waals surface area contributed by atoms with E-state index in [0.717, 1.165) is 15.8 Å². The number of methoxy groups -OCH3 is 1. The number of carbonyl (C=O) groups excluding carboxylic acids is 1. The van der Waals surface area contributed by atoms with Gasteiger partial charge in [-0.2, -0.15) is 5.10 Å². The molecule has 158 valence electrons. The van der Waals surface area contributed by atoms with Gasteiger partial charge in [0.25, 0.3) is 5.91 Å². The van der Waals surface area contributed by atoms with Crippen LogP contribution in [0, 0.1) is 5.82 Å². The lowest BCUT2D eigenvalue weighted by molar-refractivity contribution is 0.0937. The number of halogens is 2. The minimum Gasteiger partial charge on any atom is -0.496 e. The number of nitrogens with one attached hydrogen (secondary N) is 1. The zero-order valence-electron chi connectivity index (χ0n) is 17.0. The van der Waals surface area contributed by atoms with Gasteiger partial charge in [-0.05, 0) is 64.3 Å². The number of rotatable bonds is 6. The van der Waals surface area contributed by atoms with Gasteiger partial charge in [0.2, 0.25) is 0 Å². The first kappa shape index (κ1) is 21.0. The molecule has 2 aromatic carbocycles. The predicted molar refractivity (Wildman–Crippen MR) is 120 cm³/mol. The summed E-state index contributed by atoms with van der Waals surface area (Å²) in [7, 11) is 1.61. The molecule has 31 heavy (non-hydrogen) atoms. The largest absolute Gasteiger partial charge is 0.496 e. The molecule has 0 aliphatic heterocycles. The van der Waals surface area contributed by atoms with E-state index < -0.39 is 0 Å². The smallest absolute Gasteiger partial charge is 0.254 e. The number of hydrogen-bond acceptors (Lipinski definition) is 4. The third-order valence-electron chi connectivity index (χ3n) is 5.10. The molecule has 0 saturated carbocycles. The minimum atomic E-state index is -0.325. The molecule has 1 atom stereocenters. The van der Waals surface area contributed by atoms with Gasteiger partial charge in [0.05, 0.1) is 46.8 Å². The zero-order valence-corrected chi connectivity index (χ0v) is 18.6. The Kier molecular flexibility index (Phi) is 5.99. The van der Waals surface area contributed by atoms with E-state index in [1.54, 1.807) is 36.3 Å². The second-order valence-corrected chi connectivity index (χ2v) is 7.84. The van der Waals surface area contributed by atoms with Gasteiger partial charge >= 0.3 is 0 Å². The van der Waals surface area contributed by atoms with Crippen LogP contribution in [-0.2, 0) is 0 Å². The third kappa shape index (κ3) is 4.16. The highest BCUT2D eigenvalue weighted by atomic mass is 79.9. The Hall–Kier alpha value is -3.26. The van der Waals surface area contributed by atoms with Crippen LogP contribution in [0.1, 0.15) is 35.3 Å². The van der Waals surface area contributed by atoms with Crippen molar-refractivity contribution in [1.29, 1.82) is 0 Å². The van der Waals surface area contributed by atoms with E-state index >= 15 is 0 Å². The lowest BCUT2D eigenvalue weighted by Crippen LogP contribution is -2.28. The van der Waals surface area contributed by atoms with Crippen LogP contribution in [0.15, 0.2) is 65.5 Å². The second kappa shape index (κ2) is 8.85. The van der Waals surface area contributed by atoms with Crippen LogP contribution in [-0.4, -0.2) is 27.8 Å². The molecule has 0 fully saturated rings. The SMILES string of the molecule is CC[C@H](NC(=O)c1cncc2c1cnn2-c1ccc(F)cc1)c1ccc(OC)c(Br)c1. The molecule has 8 heteroatoms. The van der Waals surface area contributed by atoms with Crippen molar-refractivity contribution in [3.63, 3.8) is 0 Å². The fourth-order valence-electron chi connectivity index (χ4n) is 3.47. The maximum Gasteiger partial charge on any atom is 0.254 e. The maximum absolute atomic E-state index is 13.3. The van der Waals surface area contributed by atoms with Crippen LogP contribution in [0.25, 0.3) is 16.6 Å². The highest BCUT2D eigenvalue weighted by Gasteiger charge is 2.19. The summed E-state index contributed by atoms with van der Waals surface area (Å²) >= 11 is 3.50. The number of aromatic nitrogens is 3. The molecule has 0 spiro atoms. The van der Waals surface area contributed by atoms with Crippen molar-refractivity contribution in [3.05, 3.63) is 82.5 Å². The number of amides is 1. The van der Waals surface area contributed by atoms with Gasteiger partial charge in [-0.15, -0.1) is 0 Å². The maximum atomic E-state index is 13.3. The predicted octanol–water partition coefficient (Wildman–Crippen LogP) is 5.21. The number of carbonyl (C=O) groups is 1. The Balaban J connectivity index is 1.64. The number of nitrogens with zero attached hydrogens (tertiary/aromatic N) is 3. The monoisotopic (exact) mass is 482 g/mol. The number of hydrogen-bond donors (Lipinski definition) is 1. The van der Waals surface area contributed by atoms with Gasteiger partial charge in [-0.1, -0.05) is 13.0 Å². The fraction of sp³-hybridized carbons (Fsp3) is 0.174. The minimum absolute atomic E-state index is 0.183. The first-order chi connectivity index (χ1) is 15.0. The molecule has 0 aliphatic carbocycles. The lowest BCUT2D eigenvalue weighted by atomic mass is 10.0. The van der Waals surface area contributed by atoms with Gasteiger partial charge in [-0.25, -0.2) is 9.07 Å². The molecule has 0 bridgehead atoms. The van der Waals surface area contributed by atoms with Crippen molar-refractivity contribution < 1.29 is 13.9 Å². The lowest BCUT2D eigenvalue weighted by Gasteiger charge is -2.18. The fourth-order valence-corrected chi connectivity index (χ4v) is 4.03. The molecule has 4 rings (SSSR count). The van der Waals surface area contributed by atoms with Crippen molar-refractivity contribution in [2.45, 2.75) is 19.4 Å². The van der Waals surface area contributed by atoms with Crippen molar-refractivity contribution in [3.8, 4) is 11.4 Å². The topological polar surface area (TPSA) is 69.0 Å². The highest BCUT2D eigenvalue weighted by Crippen LogP contribution is 2.29. The van der Waals surface area contributed by atoms with Gasteiger partial charge in [0, 0.05) is 11.6 Å². The van der Waals surface area contributed by atoms with Crippen molar-refractivity contribution in [1.82, 2.24) is 20.1 Å². The molecule has 2 aromatic heterocycles. The molecule has 4 aromatic rings. The van der Waals surface area contributed by atoms with Gasteiger partial charge < -0.3 is 10.1 Å². The van der Waals surface area contributed by atoms with Crippen LogP contribution in [0.5, 0.6) is 5.75 Å². The summed E-state index contributed by atoms with van der Waals surface area (Å²) in [6, 6.07) is 11.5. The summed E-state index contributed by atoms with van der Waals surface area (Å²) in [5.41, 5.74) is 2.74. The number of ether oxygens (including phenoxy) is 1. The zero-order chi connectivity index (χ0) is 22.0. The van der Waals surface area contributed by atoms with E-state index in [2.05, 4.69) is 31.3 Å². The molecule has 0 radical (unpaired) electrons. The van der Waals surface area contributed by atoms with Gasteiger partial charge in [-0.3, -0.25) is 9.78 Å². The van der Waals surface area contributed by atoms with E-state index in [9.17, 15) is 9.18 Å². The van der Waals surface area contributed by atoms with Crippen molar-refractivity contribution in [2.24, 2.45) is 0 Å². The Morgan fingerprint density at radius 3 is 2.65 bits per heavy atom. The Bertz CT molecular complexity index is 1240. The molecule has 1 N–H and O–H groups in total. The summed E-state index contributed by atoms with van der Waals surface area (Å²) in [5.74, 6) is 0.164. The molecule has 6 nitrogen and oxygen atoms in total. The van der Waals surface area contributed by atoms with E-state index in [4.69, 9.17) is 4.74 Å². The summed E-state index contributed by atoms with van der Waals surface area (Å²) < 4.78 is 21.0. The summed E-state index contributed by atoms with van der Waals surface area (Å²) in [4.78, 5) is 17.4. The molecule has 0 saturated heterocycles. The average Bonchev–Trinajstić information content (AvgIpc) is 3.22. The molecular formula is C23H20BrFN4O2. The Morgan fingerprint density at radius 1 is 1.19 bits per heavy atom. The standard InChI is InChI=1S/C23H20BrFN4O2/c1-3-20(14-4-9-22(31-2)19(24)10-14)28-23(30)18-11-26-13-21-17(18)12-27-29(21)16-7-5-15(25)6-8-16/h4-13,20H,3H2,1-2H3,(H,28,30)/t20-/m0/s1. The van der Waals surface area contributed by atoms with Crippen LogP contribution >= 0.6 is 15.9 Å². The third-order valence-corrected chi connectivity index (χ3v) is 5.72. The van der Waals surface area contributed by atoms with Crippen LogP contribution < -0.4 is 10.1 Å². The number of fused-ring (bicyclic) bond motifs is 1. The van der Waals surface area contributed by atoms with Crippen LogP contribution in [0.4, 0.5) is 4.39 Å². The summed E-state index contributed by atoms with van der Waals surface area (Å²) in [5, 5.41) is 8.14. The van der Waals surface area contributed by atoms with E-state index in [1.165, 1.54) is 18.3 Å². The van der Waals surface area contributed by atoms with Gasteiger partial charge in [0.1, 0.15) is 11.6 Å². The molecule has 2 heterocycles. The first-order valence-corrected chi connectivity index (χ1v) is 10.5. The molecule has 0 unspecified atom stereocenters. The van der Waals surface area contributed by atoms with E-state index in [-0.39, 0.29) is 17.8 Å². The summed E-state index contributed by atoms with van der Waals surface area (Å²) in [6.07, 6.45) is 5.51. The van der Waals surface area contributed by atoms with Crippen LogP contribution in [0.2, 0.25) is 0 Å². The quantitative estimate of drug-likeness (QED) is 0.409. The first-order valence-electron chi connectivity index (χ1n) is 9.73. The number of pyridine rings is 1. The Labute approximate surface area is 187 Å². The molecular weight excluding hydrogens is 463 g/mol. The molecule has 1 amide bonds. The second-order valence-electron chi connectivity index (χ2n) is 6.98.